The zero-order valence-corrected chi connectivity index (χ0v) is 9.31. The fourth-order valence-electron chi connectivity index (χ4n) is 1.06. The molecule has 0 bridgehead atoms. The Morgan fingerprint density at radius 2 is 2.06 bits per heavy atom. The Labute approximate surface area is 94.8 Å². The van der Waals surface area contributed by atoms with Crippen LogP contribution in [0.25, 0.3) is 0 Å². The lowest BCUT2D eigenvalue weighted by molar-refractivity contribution is -0.456. The number of guanidine groups is 1. The van der Waals surface area contributed by atoms with Crippen molar-refractivity contribution >= 4 is 12.2 Å². The van der Waals surface area contributed by atoms with Crippen LogP contribution in [0.3, 0.4) is 0 Å². The molecule has 1 rings (SSSR count). The predicted molar refractivity (Wildman–Crippen MR) is 64.2 cm³/mol. The summed E-state index contributed by atoms with van der Waals surface area (Å²) in [6, 6.07) is 7.64. The summed E-state index contributed by atoms with van der Waals surface area (Å²) in [5.74, 6) is 0.861. The van der Waals surface area contributed by atoms with E-state index in [9.17, 15) is 0 Å². The zero-order chi connectivity index (χ0) is 11.8. The van der Waals surface area contributed by atoms with Crippen LogP contribution in [-0.4, -0.2) is 18.8 Å². The molecule has 86 valence electrons. The maximum atomic E-state index is 5.45. The summed E-state index contributed by atoms with van der Waals surface area (Å²) in [5, 5.41) is 6.26. The summed E-state index contributed by atoms with van der Waals surface area (Å²) in [6.07, 6.45) is 2.70. The molecule has 0 saturated carbocycles. The standard InChI is InChI=1S/C11H16N4O/c1-2-7-16-10-5-3-9(4-6-10)8-14-15-11(12)13/h3-6,8H,2,7H2,1H3,(H4,12,13,15)/p+1/b14-8+. The number of hydrogen-bond acceptors (Lipinski definition) is 2. The Hall–Kier alpha value is -2.04. The molecule has 0 atom stereocenters. The summed E-state index contributed by atoms with van der Waals surface area (Å²) in [5.41, 5.74) is 11.3. The third-order valence-corrected chi connectivity index (χ3v) is 1.78. The van der Waals surface area contributed by atoms with Gasteiger partial charge in [0.2, 0.25) is 6.21 Å². The zero-order valence-electron chi connectivity index (χ0n) is 9.31. The van der Waals surface area contributed by atoms with Crippen LogP contribution in [0.2, 0.25) is 0 Å². The van der Waals surface area contributed by atoms with Crippen LogP contribution in [0.15, 0.2) is 29.4 Å². The summed E-state index contributed by atoms with van der Waals surface area (Å²) >= 11 is 0. The molecule has 0 spiro atoms. The fraction of sp³-hybridized carbons (Fsp3) is 0.273. The van der Waals surface area contributed by atoms with E-state index in [0.29, 0.717) is 0 Å². The van der Waals surface area contributed by atoms with Gasteiger partial charge < -0.3 is 16.2 Å². The second kappa shape index (κ2) is 6.44. The van der Waals surface area contributed by atoms with Crippen LogP contribution in [0.5, 0.6) is 5.75 Å². The summed E-state index contributed by atoms with van der Waals surface area (Å²) in [4.78, 5) is 0. The van der Waals surface area contributed by atoms with Crippen LogP contribution in [0.4, 0.5) is 0 Å². The second-order valence-electron chi connectivity index (χ2n) is 3.23. The van der Waals surface area contributed by atoms with Gasteiger partial charge in [-0.1, -0.05) is 6.92 Å². The summed E-state index contributed by atoms with van der Waals surface area (Å²) in [6.45, 7) is 2.80. The van der Waals surface area contributed by atoms with E-state index < -0.39 is 0 Å². The number of hydrazone groups is 1. The van der Waals surface area contributed by atoms with Crippen molar-refractivity contribution < 1.29 is 9.84 Å². The molecule has 0 fully saturated rings. The van der Waals surface area contributed by atoms with Crippen molar-refractivity contribution in [1.29, 1.82) is 0 Å². The van der Waals surface area contributed by atoms with E-state index in [1.165, 1.54) is 0 Å². The molecule has 0 amide bonds. The number of rotatable bonds is 5. The van der Waals surface area contributed by atoms with Gasteiger partial charge in [-0.05, 0) is 30.7 Å². The highest BCUT2D eigenvalue weighted by Crippen LogP contribution is 2.10. The Kier molecular flexibility index (Phi) is 4.85. The van der Waals surface area contributed by atoms with Crippen LogP contribution >= 0.6 is 0 Å². The lowest BCUT2D eigenvalue weighted by atomic mass is 10.2. The Morgan fingerprint density at radius 1 is 1.38 bits per heavy atom. The first-order valence-electron chi connectivity index (χ1n) is 5.12. The summed E-state index contributed by atoms with van der Waals surface area (Å²) < 4.78 is 5.45. The van der Waals surface area contributed by atoms with Crippen LogP contribution in [-0.2, 0) is 0 Å². The van der Waals surface area contributed by atoms with Crippen LogP contribution in [0.1, 0.15) is 18.9 Å². The van der Waals surface area contributed by atoms with Crippen molar-refractivity contribution in [3.05, 3.63) is 29.8 Å². The molecule has 0 radical (unpaired) electrons. The first-order chi connectivity index (χ1) is 7.72. The largest absolute Gasteiger partial charge is 0.494 e. The van der Waals surface area contributed by atoms with Gasteiger partial charge in [0.1, 0.15) is 5.75 Å². The molecule has 0 aliphatic rings. The van der Waals surface area contributed by atoms with E-state index in [0.717, 1.165) is 24.3 Å². The molecule has 1 aromatic rings. The minimum absolute atomic E-state index is 0.000788. The lowest BCUT2D eigenvalue weighted by Crippen LogP contribution is -2.63. The molecule has 16 heavy (non-hydrogen) atoms. The predicted octanol–water partition coefficient (Wildman–Crippen LogP) is -0.837. The molecule has 5 heteroatoms. The number of nitrogens with zero attached hydrogens (tertiary/aromatic N) is 1. The van der Waals surface area contributed by atoms with Gasteiger partial charge in [0.15, 0.2) is 0 Å². The highest BCUT2D eigenvalue weighted by Gasteiger charge is 1.94. The van der Waals surface area contributed by atoms with Gasteiger partial charge in [0.25, 0.3) is 5.96 Å². The second-order valence-corrected chi connectivity index (χ2v) is 3.23. The molecule has 0 saturated heterocycles. The first kappa shape index (κ1) is 12.0. The topological polar surface area (TPSA) is 87.6 Å². The average Bonchev–Trinajstić information content (AvgIpc) is 2.27. The normalized spacial score (nSPS) is 10.3. The smallest absolute Gasteiger partial charge is 0.256 e. The van der Waals surface area contributed by atoms with E-state index >= 15 is 0 Å². The molecule has 5 N–H and O–H groups in total. The molecule has 0 unspecified atom stereocenters. The van der Waals surface area contributed by atoms with Gasteiger partial charge in [-0.2, -0.15) is 0 Å². The van der Waals surface area contributed by atoms with E-state index in [1.54, 1.807) is 6.21 Å². The molecule has 0 aromatic heterocycles. The Morgan fingerprint density at radius 3 is 2.62 bits per heavy atom. The minimum atomic E-state index is -0.000788. The highest BCUT2D eigenvalue weighted by atomic mass is 16.5. The molecule has 1 aromatic carbocycles. The van der Waals surface area contributed by atoms with Gasteiger partial charge in [-0.25, -0.2) is 0 Å². The highest BCUT2D eigenvalue weighted by molar-refractivity contribution is 5.77. The fourth-order valence-corrected chi connectivity index (χ4v) is 1.06. The van der Waals surface area contributed by atoms with Gasteiger partial charge in [0, 0.05) is 10.7 Å². The van der Waals surface area contributed by atoms with Crippen molar-refractivity contribution in [2.75, 3.05) is 6.61 Å². The van der Waals surface area contributed by atoms with E-state index in [1.807, 2.05) is 24.3 Å². The van der Waals surface area contributed by atoms with E-state index in [-0.39, 0.29) is 5.96 Å². The molecule has 5 nitrogen and oxygen atoms in total. The third kappa shape index (κ3) is 4.45. The Bertz CT molecular complexity index is 366. The minimum Gasteiger partial charge on any atom is -0.494 e. The number of benzene rings is 1. The van der Waals surface area contributed by atoms with Gasteiger partial charge in [-0.3, -0.25) is 0 Å². The third-order valence-electron chi connectivity index (χ3n) is 1.78. The summed E-state index contributed by atoms with van der Waals surface area (Å²) in [7, 11) is 0. The molecular formula is C11H17N4O+. The van der Waals surface area contributed by atoms with Crippen molar-refractivity contribution in [3.63, 3.8) is 0 Å². The SMILES string of the molecule is CCCOc1ccc(/C=[NH+]/N=C(N)N)cc1. The average molecular weight is 221 g/mol. The number of hydrogen-bond donors (Lipinski definition) is 3. The van der Waals surface area contributed by atoms with Crippen molar-refractivity contribution in [2.24, 2.45) is 16.6 Å². The van der Waals surface area contributed by atoms with Crippen molar-refractivity contribution in [3.8, 4) is 5.75 Å². The molecule has 0 aliphatic carbocycles. The quantitative estimate of drug-likeness (QED) is 0.344. The van der Waals surface area contributed by atoms with Gasteiger partial charge in [0.05, 0.1) is 6.61 Å². The Balaban J connectivity index is 2.57. The molecule has 0 aliphatic heterocycles. The van der Waals surface area contributed by atoms with Gasteiger partial charge in [-0.15, -0.1) is 5.10 Å². The molecular weight excluding hydrogens is 204 g/mol. The number of nitrogens with one attached hydrogen (secondary N) is 1. The lowest BCUT2D eigenvalue weighted by Gasteiger charge is -2.02. The van der Waals surface area contributed by atoms with Crippen molar-refractivity contribution in [1.82, 2.24) is 0 Å². The van der Waals surface area contributed by atoms with Crippen LogP contribution in [0, 0.1) is 0 Å². The maximum absolute atomic E-state index is 5.45. The van der Waals surface area contributed by atoms with Crippen LogP contribution < -0.4 is 21.3 Å². The number of nitrogens with two attached hydrogens (primary N) is 2. The number of ether oxygens (including phenoxy) is 1. The van der Waals surface area contributed by atoms with E-state index in [2.05, 4.69) is 17.1 Å². The maximum Gasteiger partial charge on any atom is 0.256 e. The monoisotopic (exact) mass is 221 g/mol. The molecule has 0 heterocycles. The van der Waals surface area contributed by atoms with Crippen molar-refractivity contribution in [2.45, 2.75) is 13.3 Å². The van der Waals surface area contributed by atoms with E-state index in [4.69, 9.17) is 16.2 Å². The first-order valence-corrected chi connectivity index (χ1v) is 5.12. The van der Waals surface area contributed by atoms with Gasteiger partial charge >= 0.3 is 0 Å².